The Kier molecular flexibility index (Phi) is 3.77. The third-order valence-corrected chi connectivity index (χ3v) is 9.78. The molecular weight excluding hydrogens is 357 g/mol. The number of hydrogen-bond acceptors (Lipinski definition) is 2. The molecule has 0 bridgehead atoms. The highest BCUT2D eigenvalue weighted by Gasteiger charge is 2.65. The molecule has 0 aromatic rings. The maximum atomic E-state index is 15.0. The molecule has 2 nitrogen and oxygen atoms in total. The maximum Gasteiger partial charge on any atom is 0.164 e. The van der Waals surface area contributed by atoms with E-state index < -0.39 is 5.79 Å². The third-order valence-electron chi connectivity index (χ3n) is 8.77. The lowest BCUT2D eigenvalue weighted by molar-refractivity contribution is -0.137. The molecule has 0 amide bonds. The van der Waals surface area contributed by atoms with Crippen LogP contribution in [0.2, 0.25) is 0 Å². The zero-order valence-electron chi connectivity index (χ0n) is 14.4. The summed E-state index contributed by atoms with van der Waals surface area (Å²) in [5, 5.41) is 10.1. The molecule has 0 aromatic heterocycles. The lowest BCUT2D eigenvalue weighted by atomic mass is 9.45. The Labute approximate surface area is 147 Å². The molecule has 23 heavy (non-hydrogen) atoms. The molecule has 4 unspecified atom stereocenters. The predicted molar refractivity (Wildman–Crippen MR) is 93.9 cm³/mol. The van der Waals surface area contributed by atoms with E-state index in [4.69, 9.17) is 5.73 Å². The van der Waals surface area contributed by atoms with Crippen LogP contribution in [-0.2, 0) is 0 Å². The number of rotatable bonds is 0. The van der Waals surface area contributed by atoms with Crippen LogP contribution in [0.1, 0.15) is 65.2 Å². The molecule has 0 radical (unpaired) electrons. The molecule has 132 valence electrons. The second-order valence-corrected chi connectivity index (χ2v) is 10.7. The Bertz CT molecular complexity index is 500. The van der Waals surface area contributed by atoms with Crippen LogP contribution in [-0.4, -0.2) is 21.8 Å². The van der Waals surface area contributed by atoms with Crippen LogP contribution < -0.4 is 5.73 Å². The van der Waals surface area contributed by atoms with E-state index in [0.717, 1.165) is 44.9 Å². The number of nitrogens with two attached hydrogens (primary N) is 1. The highest BCUT2D eigenvalue weighted by Crippen LogP contribution is 2.68. The summed E-state index contributed by atoms with van der Waals surface area (Å²) < 4.78 is 15.0. The normalized spacial score (nSPS) is 62.3. The second kappa shape index (κ2) is 5.17. The average molecular weight is 388 g/mol. The van der Waals surface area contributed by atoms with Crippen molar-refractivity contribution < 1.29 is 9.50 Å². The summed E-state index contributed by atoms with van der Waals surface area (Å²) in [7, 11) is 0. The van der Waals surface area contributed by atoms with E-state index in [1.807, 2.05) is 0 Å². The summed E-state index contributed by atoms with van der Waals surface area (Å²) in [5.74, 6) is 0.786. The molecule has 0 spiro atoms. The molecule has 0 aliphatic heterocycles. The first-order chi connectivity index (χ1) is 10.7. The van der Waals surface area contributed by atoms with Crippen LogP contribution in [0.3, 0.4) is 0 Å². The summed E-state index contributed by atoms with van der Waals surface area (Å²) >= 11 is 3.96. The molecule has 0 saturated heterocycles. The molecule has 9 atom stereocenters. The van der Waals surface area contributed by atoms with Crippen molar-refractivity contribution in [2.24, 2.45) is 40.2 Å². The lowest BCUT2D eigenvalue weighted by Gasteiger charge is -2.62. The number of fused-ring (bicyclic) bond motifs is 5. The van der Waals surface area contributed by atoms with Crippen molar-refractivity contribution in [1.29, 1.82) is 0 Å². The Morgan fingerprint density at radius 2 is 1.70 bits per heavy atom. The van der Waals surface area contributed by atoms with Crippen LogP contribution in [0.25, 0.3) is 0 Å². The first kappa shape index (κ1) is 16.8. The van der Waals surface area contributed by atoms with Crippen molar-refractivity contribution >= 4 is 15.9 Å². The average Bonchev–Trinajstić information content (AvgIpc) is 2.72. The lowest BCUT2D eigenvalue weighted by Crippen LogP contribution is -2.59. The van der Waals surface area contributed by atoms with E-state index >= 15 is 0 Å². The van der Waals surface area contributed by atoms with Crippen molar-refractivity contribution in [2.75, 3.05) is 0 Å². The van der Waals surface area contributed by atoms with Crippen molar-refractivity contribution in [3.8, 4) is 0 Å². The van der Waals surface area contributed by atoms with E-state index in [-0.39, 0.29) is 11.5 Å². The zero-order chi connectivity index (χ0) is 16.6. The van der Waals surface area contributed by atoms with Gasteiger partial charge in [0.05, 0.1) is 6.10 Å². The fourth-order valence-electron chi connectivity index (χ4n) is 7.24. The molecule has 3 N–H and O–H groups in total. The summed E-state index contributed by atoms with van der Waals surface area (Å²) in [6.45, 7) is 4.57. The smallest absolute Gasteiger partial charge is 0.164 e. The third kappa shape index (κ3) is 2.16. The van der Waals surface area contributed by atoms with Crippen molar-refractivity contribution in [3.05, 3.63) is 0 Å². The summed E-state index contributed by atoms with van der Waals surface area (Å²) in [5.41, 5.74) is 6.06. The molecule has 4 saturated carbocycles. The Hall–Kier alpha value is 0.330. The van der Waals surface area contributed by atoms with Gasteiger partial charge in [0.2, 0.25) is 0 Å². The van der Waals surface area contributed by atoms with Crippen LogP contribution >= 0.6 is 15.9 Å². The Morgan fingerprint density at radius 3 is 2.43 bits per heavy atom. The Morgan fingerprint density at radius 1 is 1.00 bits per heavy atom. The molecule has 4 heteroatoms. The van der Waals surface area contributed by atoms with Crippen molar-refractivity contribution in [3.63, 3.8) is 0 Å². The van der Waals surface area contributed by atoms with E-state index in [1.165, 1.54) is 0 Å². The maximum absolute atomic E-state index is 15.0. The minimum Gasteiger partial charge on any atom is -0.393 e. The number of hydrogen-bond donors (Lipinski definition) is 2. The van der Waals surface area contributed by atoms with E-state index in [2.05, 4.69) is 29.8 Å². The van der Waals surface area contributed by atoms with E-state index in [0.29, 0.717) is 40.3 Å². The highest BCUT2D eigenvalue weighted by atomic mass is 79.9. The van der Waals surface area contributed by atoms with Gasteiger partial charge in [0.15, 0.2) is 5.79 Å². The van der Waals surface area contributed by atoms with Gasteiger partial charge in [-0.25, -0.2) is 4.39 Å². The predicted octanol–water partition coefficient (Wildman–Crippen LogP) is 4.39. The number of alkyl halides is 2. The van der Waals surface area contributed by atoms with Gasteiger partial charge in [0.25, 0.3) is 0 Å². The fraction of sp³-hybridized carbons (Fsp3) is 1.00. The number of halogens is 2. The van der Waals surface area contributed by atoms with Gasteiger partial charge < -0.3 is 5.11 Å². The second-order valence-electron chi connectivity index (χ2n) is 9.53. The highest BCUT2D eigenvalue weighted by molar-refractivity contribution is 9.09. The first-order valence-electron chi connectivity index (χ1n) is 9.49. The van der Waals surface area contributed by atoms with Crippen LogP contribution in [0, 0.1) is 34.5 Å². The monoisotopic (exact) mass is 387 g/mol. The Balaban J connectivity index is 1.68. The van der Waals surface area contributed by atoms with Gasteiger partial charge in [-0.1, -0.05) is 29.8 Å². The standard InChI is InChI=1S/C19H31BrFNO/c1-17-6-3-11(23)9-15(17)16(20)10-12-13(17)4-7-18(2)14(12)5-8-19(18,21)22/h11-16,23H,3-10,22H2,1-2H3/t11?,12-,13-,14+,15?,16?,17-,18+,19?/m1/s1. The summed E-state index contributed by atoms with van der Waals surface area (Å²) in [4.78, 5) is 0.457. The minimum absolute atomic E-state index is 0.132. The van der Waals surface area contributed by atoms with Crippen molar-refractivity contribution in [2.45, 2.75) is 81.9 Å². The van der Waals surface area contributed by atoms with E-state index in [1.54, 1.807) is 0 Å². The van der Waals surface area contributed by atoms with E-state index in [9.17, 15) is 9.50 Å². The van der Waals surface area contributed by atoms with Gasteiger partial charge in [-0.2, -0.15) is 0 Å². The van der Waals surface area contributed by atoms with Crippen LogP contribution in [0.5, 0.6) is 0 Å². The van der Waals surface area contributed by atoms with Crippen molar-refractivity contribution in [1.82, 2.24) is 0 Å². The summed E-state index contributed by atoms with van der Waals surface area (Å²) in [6.07, 6.45) is 7.52. The number of aliphatic hydroxyl groups is 1. The van der Waals surface area contributed by atoms with Crippen LogP contribution in [0.15, 0.2) is 0 Å². The topological polar surface area (TPSA) is 46.2 Å². The molecular formula is C19H31BrFNO. The first-order valence-corrected chi connectivity index (χ1v) is 10.4. The van der Waals surface area contributed by atoms with Gasteiger partial charge in [0.1, 0.15) is 0 Å². The zero-order valence-corrected chi connectivity index (χ0v) is 16.0. The van der Waals surface area contributed by atoms with Crippen LogP contribution in [0.4, 0.5) is 4.39 Å². The van der Waals surface area contributed by atoms with Gasteiger partial charge >= 0.3 is 0 Å². The minimum atomic E-state index is -1.48. The largest absolute Gasteiger partial charge is 0.393 e. The molecule has 4 fully saturated rings. The summed E-state index contributed by atoms with van der Waals surface area (Å²) in [6, 6.07) is 0. The van der Waals surface area contributed by atoms with Gasteiger partial charge in [-0.3, -0.25) is 5.73 Å². The molecule has 0 aromatic carbocycles. The van der Waals surface area contributed by atoms with Gasteiger partial charge in [0, 0.05) is 10.2 Å². The number of aliphatic hydroxyl groups excluding tert-OH is 1. The molecule has 4 aliphatic rings. The quantitative estimate of drug-likeness (QED) is 0.478. The molecule has 4 aliphatic carbocycles. The SMILES string of the molecule is C[C@]12CCC(O)CC1C(Br)C[C@@H]1[C@H]2CC[C@@]2(C)[C@H]1CCC2(N)F. The van der Waals surface area contributed by atoms with Gasteiger partial charge in [-0.15, -0.1) is 0 Å². The fourth-order valence-corrected chi connectivity index (χ4v) is 8.49. The molecule has 4 rings (SSSR count). The molecule has 0 heterocycles. The van der Waals surface area contributed by atoms with Gasteiger partial charge in [-0.05, 0) is 80.5 Å².